The van der Waals surface area contributed by atoms with E-state index in [1.165, 1.54) is 180 Å². The van der Waals surface area contributed by atoms with Crippen LogP contribution in [0.2, 0.25) is 0 Å². The molecule has 14 nitrogen and oxygen atoms in total. The van der Waals surface area contributed by atoms with Crippen LogP contribution in [0.5, 0.6) is 0 Å². The highest BCUT2D eigenvalue weighted by atomic mass is 16.7. The molecule has 0 aromatic rings. The largest absolute Gasteiger partial charge is 0.394 e. The van der Waals surface area contributed by atoms with E-state index in [-0.39, 0.29) is 18.9 Å². The monoisotopic (exact) mass is 1050 g/mol. The highest BCUT2D eigenvalue weighted by Gasteiger charge is 2.51. The minimum atomic E-state index is -1.79. The van der Waals surface area contributed by atoms with Gasteiger partial charge < -0.3 is 65.1 Å². The van der Waals surface area contributed by atoms with Crippen LogP contribution in [0.15, 0.2) is 36.5 Å². The summed E-state index contributed by atoms with van der Waals surface area (Å²) in [5, 5.41) is 87.1. The number of nitrogens with one attached hydrogen (secondary N) is 1. The molecule has 74 heavy (non-hydrogen) atoms. The van der Waals surface area contributed by atoms with Gasteiger partial charge in [0.05, 0.1) is 32.0 Å². The molecule has 1 amide bonds. The molecule has 0 aromatic heterocycles. The van der Waals surface area contributed by atoms with E-state index in [9.17, 15) is 45.6 Å². The second-order valence-corrected chi connectivity index (χ2v) is 21.5. The average molecular weight is 1050 g/mol. The minimum absolute atomic E-state index is 0.250. The third-order valence-electron chi connectivity index (χ3n) is 14.8. The van der Waals surface area contributed by atoms with Gasteiger partial charge >= 0.3 is 0 Å². The van der Waals surface area contributed by atoms with Gasteiger partial charge in [0, 0.05) is 6.42 Å². The third kappa shape index (κ3) is 31.6. The van der Waals surface area contributed by atoms with E-state index in [1.807, 2.05) is 6.08 Å². The zero-order valence-corrected chi connectivity index (χ0v) is 46.6. The summed E-state index contributed by atoms with van der Waals surface area (Å²) >= 11 is 0. The van der Waals surface area contributed by atoms with Gasteiger partial charge in [0.25, 0.3) is 0 Å². The van der Waals surface area contributed by atoms with Crippen LogP contribution in [0.1, 0.15) is 245 Å². The molecule has 2 rings (SSSR count). The molecule has 2 saturated heterocycles. The lowest BCUT2D eigenvalue weighted by atomic mass is 9.97. The molecule has 12 atom stereocenters. The van der Waals surface area contributed by atoms with Crippen LogP contribution in [0.25, 0.3) is 0 Å². The van der Waals surface area contributed by atoms with Gasteiger partial charge in [-0.05, 0) is 57.8 Å². The molecule has 0 aliphatic carbocycles. The topological polar surface area (TPSA) is 228 Å². The quantitative estimate of drug-likeness (QED) is 0.0204. The van der Waals surface area contributed by atoms with Crippen LogP contribution in [-0.2, 0) is 23.7 Å². The molecule has 14 heteroatoms. The number of amides is 1. The molecule has 0 aromatic carbocycles. The van der Waals surface area contributed by atoms with Crippen molar-refractivity contribution < 1.29 is 64.6 Å². The van der Waals surface area contributed by atoms with Gasteiger partial charge in [0.15, 0.2) is 12.6 Å². The first-order chi connectivity index (χ1) is 36.1. The normalized spacial score (nSPS) is 25.4. The van der Waals surface area contributed by atoms with Gasteiger partial charge in [-0.1, -0.05) is 217 Å². The van der Waals surface area contributed by atoms with Crippen molar-refractivity contribution in [2.75, 3.05) is 19.8 Å². The second-order valence-electron chi connectivity index (χ2n) is 21.5. The maximum Gasteiger partial charge on any atom is 0.220 e. The molecule has 2 aliphatic heterocycles. The van der Waals surface area contributed by atoms with Crippen molar-refractivity contribution in [3.05, 3.63) is 36.5 Å². The van der Waals surface area contributed by atoms with Crippen LogP contribution in [0, 0.1) is 0 Å². The lowest BCUT2D eigenvalue weighted by molar-refractivity contribution is -0.359. The van der Waals surface area contributed by atoms with E-state index < -0.39 is 86.8 Å². The van der Waals surface area contributed by atoms with Crippen LogP contribution < -0.4 is 5.32 Å². The Kier molecular flexibility index (Phi) is 42.6. The minimum Gasteiger partial charge on any atom is -0.394 e. The van der Waals surface area contributed by atoms with Crippen molar-refractivity contribution in [1.82, 2.24) is 5.32 Å². The summed E-state index contributed by atoms with van der Waals surface area (Å²) in [4.78, 5) is 13.3. The molecule has 2 aliphatic rings. The fraction of sp³-hybridized carbons (Fsp3) is 0.883. The van der Waals surface area contributed by atoms with Crippen LogP contribution in [-0.4, -0.2) is 140 Å². The van der Waals surface area contributed by atoms with Crippen molar-refractivity contribution >= 4 is 5.91 Å². The van der Waals surface area contributed by atoms with Gasteiger partial charge in [0.2, 0.25) is 5.91 Å². The van der Waals surface area contributed by atoms with Crippen molar-refractivity contribution in [1.29, 1.82) is 0 Å². The van der Waals surface area contributed by atoms with Crippen molar-refractivity contribution in [2.24, 2.45) is 0 Å². The third-order valence-corrected chi connectivity index (χ3v) is 14.8. The van der Waals surface area contributed by atoms with Crippen molar-refractivity contribution in [2.45, 2.75) is 319 Å². The molecule has 2 heterocycles. The Balaban J connectivity index is 1.79. The van der Waals surface area contributed by atoms with Gasteiger partial charge in [-0.15, -0.1) is 0 Å². The zero-order chi connectivity index (χ0) is 53.9. The van der Waals surface area contributed by atoms with Crippen molar-refractivity contribution in [3.8, 4) is 0 Å². The smallest absolute Gasteiger partial charge is 0.220 e. The number of allylic oxidation sites excluding steroid dienone is 5. The number of hydrogen-bond donors (Lipinski definition) is 9. The van der Waals surface area contributed by atoms with E-state index in [0.29, 0.717) is 12.8 Å². The summed E-state index contributed by atoms with van der Waals surface area (Å²) < 4.78 is 22.8. The van der Waals surface area contributed by atoms with Crippen LogP contribution in [0.3, 0.4) is 0 Å². The Labute approximate surface area is 449 Å². The number of aliphatic hydroxyl groups is 8. The van der Waals surface area contributed by atoms with Crippen molar-refractivity contribution in [3.63, 3.8) is 0 Å². The lowest BCUT2D eigenvalue weighted by Gasteiger charge is -2.46. The summed E-state index contributed by atoms with van der Waals surface area (Å²) in [6.07, 6.45) is 39.0. The molecule has 434 valence electrons. The Morgan fingerprint density at radius 2 is 0.865 bits per heavy atom. The van der Waals surface area contributed by atoms with E-state index >= 15 is 0 Å². The number of rotatable bonds is 48. The first kappa shape index (κ1) is 68.3. The van der Waals surface area contributed by atoms with Gasteiger partial charge in [-0.25, -0.2) is 0 Å². The fourth-order valence-corrected chi connectivity index (χ4v) is 9.89. The number of ether oxygens (including phenoxy) is 4. The molecule has 0 radical (unpaired) electrons. The zero-order valence-electron chi connectivity index (χ0n) is 46.6. The van der Waals surface area contributed by atoms with Gasteiger partial charge in [-0.2, -0.15) is 0 Å². The van der Waals surface area contributed by atoms with E-state index in [4.69, 9.17) is 18.9 Å². The molecular weight excluding hydrogens is 943 g/mol. The fourth-order valence-electron chi connectivity index (χ4n) is 9.89. The second kappa shape index (κ2) is 46.2. The molecule has 12 unspecified atom stereocenters. The molecule has 9 N–H and O–H groups in total. The van der Waals surface area contributed by atoms with E-state index in [2.05, 4.69) is 43.5 Å². The first-order valence-corrected chi connectivity index (χ1v) is 30.2. The summed E-state index contributed by atoms with van der Waals surface area (Å²) in [5.41, 5.74) is 0. The SMILES string of the molecule is CCCCCCCC/C=C\CCCCCCCCCCCC(=O)NC(COC1OC(CO)C(OC2OC(CO)C(O)C(O)C2O)C(O)C1O)C(O)/C=C/CC/C=C/CCCCCCCCCCCCCCCCC. The Hall–Kier alpha value is -1.79. The predicted octanol–water partition coefficient (Wildman–Crippen LogP) is 10.2. The predicted molar refractivity (Wildman–Crippen MR) is 295 cm³/mol. The maximum atomic E-state index is 13.3. The maximum absolute atomic E-state index is 13.3. The number of aliphatic hydroxyl groups excluding tert-OH is 8. The number of carbonyl (C=O) groups is 1. The van der Waals surface area contributed by atoms with Crippen LogP contribution >= 0.6 is 0 Å². The molecule has 0 spiro atoms. The Morgan fingerprint density at radius 3 is 1.32 bits per heavy atom. The highest BCUT2D eigenvalue weighted by molar-refractivity contribution is 5.76. The van der Waals surface area contributed by atoms with E-state index in [0.717, 1.165) is 32.1 Å². The van der Waals surface area contributed by atoms with Gasteiger partial charge in [0.1, 0.15) is 48.8 Å². The first-order valence-electron chi connectivity index (χ1n) is 30.2. The molecule has 0 saturated carbocycles. The summed E-state index contributed by atoms with van der Waals surface area (Å²) in [5.74, 6) is -0.250. The standard InChI is InChI=1S/C60H111NO13/c1-3-5-7-9-11-13-15-17-19-21-23-24-26-27-29-31-33-35-37-39-41-43-49(64)48(61-52(65)44-42-40-38-36-34-32-30-28-25-22-20-18-16-14-12-10-8-6-4-2)47-71-59-57(70)55(68)58(51(46-63)73-59)74-60-56(69)54(67)53(66)50(45-62)72-60/h18,20,33,35,41,43,48-51,53-60,62-64,66-70H,3-17,19,21-32,34,36-40,42,44-47H2,1-2H3,(H,61,65)/b20-18-,35-33+,43-41+. The summed E-state index contributed by atoms with van der Waals surface area (Å²) in [6.45, 7) is 2.79. The Morgan fingerprint density at radius 1 is 0.473 bits per heavy atom. The molecule has 2 fully saturated rings. The summed E-state index contributed by atoms with van der Waals surface area (Å²) in [7, 11) is 0. The number of unbranched alkanes of at least 4 members (excludes halogenated alkanes) is 31. The highest BCUT2D eigenvalue weighted by Crippen LogP contribution is 2.30. The molecular formula is C60H111NO13. The van der Waals surface area contributed by atoms with Gasteiger partial charge in [-0.3, -0.25) is 4.79 Å². The Bertz CT molecular complexity index is 1380. The van der Waals surface area contributed by atoms with E-state index in [1.54, 1.807) is 6.08 Å². The number of hydrogen-bond acceptors (Lipinski definition) is 13. The number of carbonyl (C=O) groups excluding carboxylic acids is 1. The summed E-state index contributed by atoms with van der Waals surface area (Å²) in [6, 6.07) is -0.932. The lowest BCUT2D eigenvalue weighted by Crippen LogP contribution is -2.65. The average Bonchev–Trinajstić information content (AvgIpc) is 3.40. The van der Waals surface area contributed by atoms with Crippen LogP contribution in [0.4, 0.5) is 0 Å². The molecule has 0 bridgehead atoms.